The first-order chi connectivity index (χ1) is 13.0. The number of anilines is 1. The second-order valence-electron chi connectivity index (χ2n) is 8.01. The van der Waals surface area contributed by atoms with Gasteiger partial charge in [0.05, 0.1) is 0 Å². The largest absolute Gasteiger partial charge is 0.371 e. The molecule has 28 heavy (non-hydrogen) atoms. The van der Waals surface area contributed by atoms with Crippen molar-refractivity contribution in [2.24, 2.45) is 10.9 Å². The van der Waals surface area contributed by atoms with Crippen LogP contribution in [0.5, 0.6) is 0 Å². The summed E-state index contributed by atoms with van der Waals surface area (Å²) in [6.45, 7) is 17.1. The van der Waals surface area contributed by atoms with Crippen molar-refractivity contribution in [3.8, 4) is 0 Å². The standard InChI is InChI=1S/C22H39N5.HI/c1-6-23-22(24-13-15-27(18(2)3)19(4)5)25-16-20-12-14-26(17-20)21-10-8-7-9-11-21;/h7-11,18-20H,6,12-17H2,1-5H3,(H2,23,24,25);1H. The first kappa shape index (κ1) is 25.0. The molecule has 0 spiro atoms. The summed E-state index contributed by atoms with van der Waals surface area (Å²) in [5.41, 5.74) is 1.33. The minimum atomic E-state index is 0. The zero-order chi connectivity index (χ0) is 19.6. The van der Waals surface area contributed by atoms with Gasteiger partial charge in [-0.05, 0) is 59.1 Å². The molecule has 5 nitrogen and oxygen atoms in total. The van der Waals surface area contributed by atoms with Crippen LogP contribution in [0.4, 0.5) is 5.69 Å². The van der Waals surface area contributed by atoms with Crippen LogP contribution in [0.3, 0.4) is 0 Å². The molecule has 1 fully saturated rings. The zero-order valence-corrected chi connectivity index (χ0v) is 20.6. The lowest BCUT2D eigenvalue weighted by atomic mass is 10.1. The summed E-state index contributed by atoms with van der Waals surface area (Å²) in [7, 11) is 0. The van der Waals surface area contributed by atoms with Crippen molar-refractivity contribution < 1.29 is 0 Å². The number of guanidine groups is 1. The van der Waals surface area contributed by atoms with Gasteiger partial charge >= 0.3 is 0 Å². The number of rotatable bonds is 9. The number of halogens is 1. The molecule has 1 atom stereocenters. The molecule has 1 aliphatic heterocycles. The number of hydrogen-bond acceptors (Lipinski definition) is 3. The van der Waals surface area contributed by atoms with Crippen molar-refractivity contribution in [1.82, 2.24) is 15.5 Å². The summed E-state index contributed by atoms with van der Waals surface area (Å²) in [5, 5.41) is 6.90. The Bertz CT molecular complexity index is 553. The van der Waals surface area contributed by atoms with E-state index in [0.29, 0.717) is 18.0 Å². The zero-order valence-electron chi connectivity index (χ0n) is 18.3. The van der Waals surface area contributed by atoms with Gasteiger partial charge in [-0.2, -0.15) is 0 Å². The van der Waals surface area contributed by atoms with E-state index in [1.807, 2.05) is 0 Å². The van der Waals surface area contributed by atoms with E-state index in [2.05, 4.69) is 85.4 Å². The molecule has 0 radical (unpaired) electrons. The maximum atomic E-state index is 4.86. The van der Waals surface area contributed by atoms with Gasteiger partial charge in [0.2, 0.25) is 0 Å². The minimum Gasteiger partial charge on any atom is -0.371 e. The van der Waals surface area contributed by atoms with Crippen molar-refractivity contribution in [3.63, 3.8) is 0 Å². The lowest BCUT2D eigenvalue weighted by molar-refractivity contribution is 0.178. The average molecular weight is 502 g/mol. The number of aliphatic imine (C=N–C) groups is 1. The summed E-state index contributed by atoms with van der Waals surface area (Å²) in [4.78, 5) is 9.84. The Hall–Kier alpha value is -1.02. The summed E-state index contributed by atoms with van der Waals surface area (Å²) in [5.74, 6) is 1.58. The molecule has 0 aliphatic carbocycles. The second kappa shape index (κ2) is 13.2. The maximum absolute atomic E-state index is 4.86. The monoisotopic (exact) mass is 501 g/mol. The van der Waals surface area contributed by atoms with Crippen molar-refractivity contribution in [3.05, 3.63) is 30.3 Å². The van der Waals surface area contributed by atoms with Crippen LogP contribution in [0.1, 0.15) is 41.0 Å². The van der Waals surface area contributed by atoms with E-state index < -0.39 is 0 Å². The molecule has 2 N–H and O–H groups in total. The van der Waals surface area contributed by atoms with Crippen molar-refractivity contribution in [2.75, 3.05) is 44.2 Å². The Balaban J connectivity index is 0.00000392. The van der Waals surface area contributed by atoms with E-state index in [1.54, 1.807) is 0 Å². The highest BCUT2D eigenvalue weighted by atomic mass is 127. The summed E-state index contributed by atoms with van der Waals surface area (Å²) >= 11 is 0. The molecule has 1 aliphatic rings. The normalized spacial score (nSPS) is 17.4. The molecule has 0 aromatic heterocycles. The fourth-order valence-electron chi connectivity index (χ4n) is 3.83. The van der Waals surface area contributed by atoms with E-state index in [-0.39, 0.29) is 24.0 Å². The molecule has 1 saturated heterocycles. The van der Waals surface area contributed by atoms with Gasteiger partial charge in [-0.25, -0.2) is 0 Å². The summed E-state index contributed by atoms with van der Waals surface area (Å²) < 4.78 is 0. The van der Waals surface area contributed by atoms with Crippen LogP contribution in [0.15, 0.2) is 35.3 Å². The smallest absolute Gasteiger partial charge is 0.191 e. The number of para-hydroxylation sites is 1. The molecule has 6 heteroatoms. The van der Waals surface area contributed by atoms with Gasteiger partial charge in [0.1, 0.15) is 0 Å². The van der Waals surface area contributed by atoms with Crippen molar-refractivity contribution in [1.29, 1.82) is 0 Å². The third kappa shape index (κ3) is 8.15. The molecule has 1 aromatic rings. The number of nitrogens with zero attached hydrogens (tertiary/aromatic N) is 3. The molecule has 160 valence electrons. The Morgan fingerprint density at radius 3 is 2.43 bits per heavy atom. The predicted molar refractivity (Wildman–Crippen MR) is 133 cm³/mol. The molecule has 2 rings (SSSR count). The molecular formula is C22H40IN5. The van der Waals surface area contributed by atoms with Gasteiger partial charge < -0.3 is 15.5 Å². The molecule has 0 bridgehead atoms. The van der Waals surface area contributed by atoms with Gasteiger partial charge in [0.25, 0.3) is 0 Å². The van der Waals surface area contributed by atoms with E-state index in [4.69, 9.17) is 4.99 Å². The van der Waals surface area contributed by atoms with E-state index in [1.165, 1.54) is 12.1 Å². The topological polar surface area (TPSA) is 42.9 Å². The summed E-state index contributed by atoms with van der Waals surface area (Å²) in [6.07, 6.45) is 1.21. The average Bonchev–Trinajstić information content (AvgIpc) is 3.12. The quantitative estimate of drug-likeness (QED) is 0.307. The third-order valence-corrected chi connectivity index (χ3v) is 5.25. The Morgan fingerprint density at radius 2 is 1.82 bits per heavy atom. The van der Waals surface area contributed by atoms with Gasteiger partial charge in [-0.1, -0.05) is 18.2 Å². The van der Waals surface area contributed by atoms with Crippen LogP contribution in [-0.4, -0.2) is 62.2 Å². The fraction of sp³-hybridized carbons (Fsp3) is 0.682. The van der Waals surface area contributed by atoms with Crippen LogP contribution in [0, 0.1) is 5.92 Å². The van der Waals surface area contributed by atoms with Crippen LogP contribution in [0.2, 0.25) is 0 Å². The molecule has 0 amide bonds. The lowest BCUT2D eigenvalue weighted by Crippen LogP contribution is -2.45. The van der Waals surface area contributed by atoms with Gasteiger partial charge in [-0.3, -0.25) is 9.89 Å². The third-order valence-electron chi connectivity index (χ3n) is 5.25. The fourth-order valence-corrected chi connectivity index (χ4v) is 3.83. The molecule has 1 unspecified atom stereocenters. The maximum Gasteiger partial charge on any atom is 0.191 e. The highest BCUT2D eigenvalue weighted by molar-refractivity contribution is 14.0. The first-order valence-corrected chi connectivity index (χ1v) is 10.6. The van der Waals surface area contributed by atoms with Crippen LogP contribution in [-0.2, 0) is 0 Å². The predicted octanol–water partition coefficient (Wildman–Crippen LogP) is 3.80. The SMILES string of the molecule is CCNC(=NCC1CCN(c2ccccc2)C1)NCCN(C(C)C)C(C)C.I. The molecule has 0 saturated carbocycles. The molecule has 1 aromatic carbocycles. The van der Waals surface area contributed by atoms with Gasteiger partial charge in [0, 0.05) is 57.0 Å². The summed E-state index contributed by atoms with van der Waals surface area (Å²) in [6, 6.07) is 11.8. The van der Waals surface area contributed by atoms with E-state index in [0.717, 1.165) is 45.2 Å². The Labute approximate surface area is 189 Å². The highest BCUT2D eigenvalue weighted by Gasteiger charge is 2.22. The number of hydrogen-bond donors (Lipinski definition) is 2. The van der Waals surface area contributed by atoms with Gasteiger partial charge in [0.15, 0.2) is 5.96 Å². The molecular weight excluding hydrogens is 461 g/mol. The van der Waals surface area contributed by atoms with E-state index in [9.17, 15) is 0 Å². The van der Waals surface area contributed by atoms with Crippen molar-refractivity contribution in [2.45, 2.75) is 53.1 Å². The van der Waals surface area contributed by atoms with Crippen LogP contribution >= 0.6 is 24.0 Å². The lowest BCUT2D eigenvalue weighted by Gasteiger charge is -2.30. The molecule has 1 heterocycles. The van der Waals surface area contributed by atoms with Crippen LogP contribution < -0.4 is 15.5 Å². The highest BCUT2D eigenvalue weighted by Crippen LogP contribution is 2.23. The van der Waals surface area contributed by atoms with E-state index >= 15 is 0 Å². The second-order valence-corrected chi connectivity index (χ2v) is 8.01. The minimum absolute atomic E-state index is 0. The van der Waals surface area contributed by atoms with Crippen molar-refractivity contribution >= 4 is 35.6 Å². The number of benzene rings is 1. The van der Waals surface area contributed by atoms with Crippen LogP contribution in [0.25, 0.3) is 0 Å². The number of nitrogens with one attached hydrogen (secondary N) is 2. The Kier molecular flexibility index (Phi) is 11.8. The van der Waals surface area contributed by atoms with Gasteiger partial charge in [-0.15, -0.1) is 24.0 Å². The Morgan fingerprint density at radius 1 is 1.14 bits per heavy atom. The first-order valence-electron chi connectivity index (χ1n) is 10.6.